The second kappa shape index (κ2) is 8.28. The third-order valence-electron chi connectivity index (χ3n) is 5.19. The van der Waals surface area contributed by atoms with Crippen LogP contribution in [0.15, 0.2) is 53.4 Å². The predicted molar refractivity (Wildman–Crippen MR) is 128 cm³/mol. The van der Waals surface area contributed by atoms with Crippen molar-refractivity contribution in [3.63, 3.8) is 0 Å². The Morgan fingerprint density at radius 2 is 1.74 bits per heavy atom. The molecule has 158 valence electrons. The largest absolute Gasteiger partial charge is 0.324 e. The van der Waals surface area contributed by atoms with E-state index in [4.69, 9.17) is 12.2 Å². The predicted octanol–water partition coefficient (Wildman–Crippen LogP) is 3.96. The van der Waals surface area contributed by atoms with E-state index in [0.29, 0.717) is 31.7 Å². The molecular formula is C23H21N3O3S2. The minimum absolute atomic E-state index is 0.103. The number of amides is 3. The maximum absolute atomic E-state index is 13.4. The van der Waals surface area contributed by atoms with Gasteiger partial charge in [-0.25, -0.2) is 0 Å². The smallest absolute Gasteiger partial charge is 0.267 e. The number of aryl methyl sites for hydroxylation is 1. The number of anilines is 2. The number of nitrogens with zero attached hydrogens (tertiary/aromatic N) is 2. The van der Waals surface area contributed by atoms with Crippen LogP contribution in [0.25, 0.3) is 5.57 Å². The Morgan fingerprint density at radius 1 is 1.06 bits per heavy atom. The minimum atomic E-state index is -0.370. The van der Waals surface area contributed by atoms with Crippen molar-refractivity contribution in [1.29, 1.82) is 0 Å². The van der Waals surface area contributed by atoms with Crippen molar-refractivity contribution in [3.8, 4) is 0 Å². The van der Waals surface area contributed by atoms with Crippen molar-refractivity contribution in [3.05, 3.63) is 64.6 Å². The molecule has 8 heteroatoms. The molecule has 2 aromatic rings. The van der Waals surface area contributed by atoms with E-state index in [1.165, 1.54) is 9.80 Å². The van der Waals surface area contributed by atoms with Crippen LogP contribution in [0.5, 0.6) is 0 Å². The summed E-state index contributed by atoms with van der Waals surface area (Å²) in [6.07, 6.45) is 0. The lowest BCUT2D eigenvalue weighted by atomic mass is 10.1. The van der Waals surface area contributed by atoms with Gasteiger partial charge in [-0.05, 0) is 38.5 Å². The molecule has 4 rings (SSSR count). The zero-order valence-corrected chi connectivity index (χ0v) is 19.0. The number of thiocarbonyl (C=S) groups is 1. The Balaban J connectivity index is 1.67. The molecule has 0 saturated carbocycles. The van der Waals surface area contributed by atoms with Gasteiger partial charge in [-0.2, -0.15) is 0 Å². The highest BCUT2D eigenvalue weighted by molar-refractivity contribution is 8.26. The average molecular weight is 452 g/mol. The highest BCUT2D eigenvalue weighted by Crippen LogP contribution is 2.44. The molecule has 2 aliphatic heterocycles. The molecule has 1 saturated heterocycles. The molecular weight excluding hydrogens is 430 g/mol. The summed E-state index contributed by atoms with van der Waals surface area (Å²) in [6.45, 7) is 5.51. The number of para-hydroxylation sites is 2. The fourth-order valence-corrected chi connectivity index (χ4v) is 5.27. The fraction of sp³-hybridized carbons (Fsp3) is 0.217. The van der Waals surface area contributed by atoms with Crippen LogP contribution < -0.4 is 10.2 Å². The normalized spacial score (nSPS) is 18.3. The van der Waals surface area contributed by atoms with Crippen LogP contribution >= 0.6 is 24.0 Å². The van der Waals surface area contributed by atoms with Crippen molar-refractivity contribution in [2.24, 2.45) is 0 Å². The number of hydrogen-bond donors (Lipinski definition) is 1. The van der Waals surface area contributed by atoms with Gasteiger partial charge in [0.2, 0.25) is 5.91 Å². The molecule has 1 N–H and O–H groups in total. The van der Waals surface area contributed by atoms with E-state index in [1.54, 1.807) is 18.2 Å². The van der Waals surface area contributed by atoms with Crippen LogP contribution in [0.3, 0.4) is 0 Å². The lowest BCUT2D eigenvalue weighted by Gasteiger charge is -2.18. The summed E-state index contributed by atoms with van der Waals surface area (Å²) >= 11 is 6.51. The first-order valence-corrected chi connectivity index (χ1v) is 11.1. The Kier molecular flexibility index (Phi) is 5.68. The van der Waals surface area contributed by atoms with Crippen molar-refractivity contribution in [2.45, 2.75) is 26.8 Å². The third kappa shape index (κ3) is 3.77. The molecule has 0 unspecified atom stereocenters. The maximum Gasteiger partial charge on any atom is 0.267 e. The average Bonchev–Trinajstić information content (AvgIpc) is 3.16. The zero-order chi connectivity index (χ0) is 22.3. The standard InChI is InChI=1S/C23H21N3O3S2/c1-13(2)26-22(29)20(31-23(26)30)19-15-9-5-7-11-17(15)25(21(19)28)12-18(27)24-16-10-6-4-8-14(16)3/h4-11,13H,12H2,1-3H3,(H,24,27). The Hall–Kier alpha value is -2.97. The molecule has 0 aliphatic carbocycles. The first kappa shape index (κ1) is 21.3. The first-order chi connectivity index (χ1) is 14.8. The summed E-state index contributed by atoms with van der Waals surface area (Å²) in [7, 11) is 0. The minimum Gasteiger partial charge on any atom is -0.324 e. The molecule has 1 fully saturated rings. The molecule has 0 spiro atoms. The monoisotopic (exact) mass is 451 g/mol. The summed E-state index contributed by atoms with van der Waals surface area (Å²) < 4.78 is 0.434. The zero-order valence-electron chi connectivity index (χ0n) is 17.3. The quantitative estimate of drug-likeness (QED) is 0.563. The van der Waals surface area contributed by atoms with E-state index < -0.39 is 0 Å². The Bertz CT molecular complexity index is 1160. The fourth-order valence-electron chi connectivity index (χ4n) is 3.68. The number of carbonyl (C=O) groups excluding carboxylic acids is 3. The van der Waals surface area contributed by atoms with Gasteiger partial charge in [0.05, 0.1) is 16.2 Å². The van der Waals surface area contributed by atoms with Crippen molar-refractivity contribution < 1.29 is 14.4 Å². The van der Waals surface area contributed by atoms with Gasteiger partial charge in [0, 0.05) is 17.3 Å². The molecule has 0 radical (unpaired) electrons. The van der Waals surface area contributed by atoms with Gasteiger partial charge in [0.25, 0.3) is 11.8 Å². The molecule has 2 aliphatic rings. The Labute approximate surface area is 190 Å². The van der Waals surface area contributed by atoms with Crippen LogP contribution in [0.1, 0.15) is 25.0 Å². The van der Waals surface area contributed by atoms with Crippen molar-refractivity contribution >= 4 is 63.0 Å². The van der Waals surface area contributed by atoms with Crippen molar-refractivity contribution in [2.75, 3.05) is 16.8 Å². The summed E-state index contributed by atoms with van der Waals surface area (Å²) in [6, 6.07) is 14.5. The van der Waals surface area contributed by atoms with Gasteiger partial charge in [-0.1, -0.05) is 60.4 Å². The van der Waals surface area contributed by atoms with Crippen LogP contribution in [0.4, 0.5) is 11.4 Å². The number of nitrogens with one attached hydrogen (secondary N) is 1. The molecule has 2 heterocycles. The van der Waals surface area contributed by atoms with Crippen LogP contribution in [-0.4, -0.2) is 39.5 Å². The summed E-state index contributed by atoms with van der Waals surface area (Å²) in [5.74, 6) is -0.951. The van der Waals surface area contributed by atoms with Gasteiger partial charge >= 0.3 is 0 Å². The highest BCUT2D eigenvalue weighted by atomic mass is 32.2. The summed E-state index contributed by atoms with van der Waals surface area (Å²) in [4.78, 5) is 42.4. The van der Waals surface area contributed by atoms with E-state index in [-0.39, 0.29) is 30.3 Å². The van der Waals surface area contributed by atoms with E-state index in [2.05, 4.69) is 5.32 Å². The SMILES string of the molecule is Cc1ccccc1NC(=O)CN1C(=O)C(=C2SC(=S)N(C(C)C)C2=O)c2ccccc21. The van der Waals surface area contributed by atoms with E-state index in [9.17, 15) is 14.4 Å². The maximum atomic E-state index is 13.4. The number of carbonyl (C=O) groups is 3. The van der Waals surface area contributed by atoms with Gasteiger partial charge < -0.3 is 5.32 Å². The third-order valence-corrected chi connectivity index (χ3v) is 6.59. The molecule has 0 aromatic heterocycles. The van der Waals surface area contributed by atoms with Crippen LogP contribution in [0.2, 0.25) is 0 Å². The molecule has 3 amide bonds. The van der Waals surface area contributed by atoms with Crippen LogP contribution in [-0.2, 0) is 14.4 Å². The summed E-state index contributed by atoms with van der Waals surface area (Å²) in [5, 5.41) is 2.86. The summed E-state index contributed by atoms with van der Waals surface area (Å²) in [5.41, 5.74) is 3.19. The Morgan fingerprint density at radius 3 is 2.42 bits per heavy atom. The lowest BCUT2D eigenvalue weighted by molar-refractivity contribution is -0.123. The number of hydrogen-bond acceptors (Lipinski definition) is 5. The highest BCUT2D eigenvalue weighted by Gasteiger charge is 2.43. The molecule has 0 atom stereocenters. The van der Waals surface area contributed by atoms with E-state index in [1.807, 2.05) is 51.1 Å². The number of benzene rings is 2. The van der Waals surface area contributed by atoms with Gasteiger partial charge in [-0.3, -0.25) is 24.2 Å². The lowest BCUT2D eigenvalue weighted by Crippen LogP contribution is -2.36. The number of thioether (sulfide) groups is 1. The number of fused-ring (bicyclic) bond motifs is 1. The van der Waals surface area contributed by atoms with Gasteiger partial charge in [0.1, 0.15) is 10.9 Å². The second-order valence-corrected chi connectivity index (χ2v) is 9.26. The van der Waals surface area contributed by atoms with Crippen molar-refractivity contribution in [1.82, 2.24) is 4.90 Å². The molecule has 2 aromatic carbocycles. The van der Waals surface area contributed by atoms with E-state index in [0.717, 1.165) is 17.3 Å². The first-order valence-electron chi connectivity index (χ1n) is 9.86. The van der Waals surface area contributed by atoms with Crippen LogP contribution in [0, 0.1) is 6.92 Å². The van der Waals surface area contributed by atoms with Gasteiger partial charge in [0.15, 0.2) is 0 Å². The second-order valence-electron chi connectivity index (χ2n) is 7.61. The molecule has 0 bridgehead atoms. The topological polar surface area (TPSA) is 69.7 Å². The number of rotatable bonds is 4. The molecule has 6 nitrogen and oxygen atoms in total. The molecule has 31 heavy (non-hydrogen) atoms. The van der Waals surface area contributed by atoms with Gasteiger partial charge in [-0.15, -0.1) is 0 Å². The van der Waals surface area contributed by atoms with E-state index >= 15 is 0 Å².